The van der Waals surface area contributed by atoms with E-state index in [1.165, 1.54) is 12.1 Å². The largest absolute Gasteiger partial charge is 0.506 e. The van der Waals surface area contributed by atoms with E-state index in [1.54, 1.807) is 6.07 Å². The summed E-state index contributed by atoms with van der Waals surface area (Å²) in [6.07, 6.45) is -3.67. The maximum atomic E-state index is 13.4. The minimum Gasteiger partial charge on any atom is -0.450 e. The highest BCUT2D eigenvalue weighted by molar-refractivity contribution is 5.57. The molecule has 2 aromatic carbocycles. The Kier molecular flexibility index (Phi) is 7.40. The molecule has 0 bridgehead atoms. The van der Waals surface area contributed by atoms with Crippen molar-refractivity contribution in [1.82, 2.24) is 15.0 Å². The standard InChI is InChI=1S/C27H28F3N3O5/c28-27(29,30)21-3-1-2-20(14-21)26(10-12-36-13-11-26)9-8-23-31-24(32-38-23)19-6-4-18(5-7-19)15-33-16-22(17-33)37-25(34)35/h1-7,14,22H,8-13,15-17H2,(H,34,35). The molecule has 0 amide bonds. The van der Waals surface area contributed by atoms with Gasteiger partial charge in [-0.2, -0.15) is 18.2 Å². The van der Waals surface area contributed by atoms with Crippen LogP contribution in [0.25, 0.3) is 11.4 Å². The Hall–Kier alpha value is -3.44. The number of hydrogen-bond donors (Lipinski definition) is 1. The first-order valence-corrected chi connectivity index (χ1v) is 12.5. The van der Waals surface area contributed by atoms with Gasteiger partial charge in [0.2, 0.25) is 11.7 Å². The molecule has 0 unspecified atom stereocenters. The summed E-state index contributed by atoms with van der Waals surface area (Å²) in [6.45, 7) is 2.79. The van der Waals surface area contributed by atoms with E-state index in [-0.39, 0.29) is 6.10 Å². The molecule has 2 saturated heterocycles. The average molecular weight is 532 g/mol. The highest BCUT2D eigenvalue weighted by Gasteiger charge is 2.37. The van der Waals surface area contributed by atoms with E-state index < -0.39 is 23.3 Å². The molecule has 8 nitrogen and oxygen atoms in total. The second kappa shape index (κ2) is 10.7. The third-order valence-electron chi connectivity index (χ3n) is 7.35. The minimum atomic E-state index is -4.40. The summed E-state index contributed by atoms with van der Waals surface area (Å²) in [4.78, 5) is 17.2. The van der Waals surface area contributed by atoms with Gasteiger partial charge in [-0.15, -0.1) is 0 Å². The molecular formula is C27H28F3N3O5. The van der Waals surface area contributed by atoms with Crippen molar-refractivity contribution in [3.63, 3.8) is 0 Å². The van der Waals surface area contributed by atoms with Gasteiger partial charge in [0.15, 0.2) is 0 Å². The molecule has 0 spiro atoms. The van der Waals surface area contributed by atoms with Crippen LogP contribution < -0.4 is 0 Å². The summed E-state index contributed by atoms with van der Waals surface area (Å²) >= 11 is 0. The zero-order valence-electron chi connectivity index (χ0n) is 20.6. The van der Waals surface area contributed by atoms with Crippen LogP contribution in [0.4, 0.5) is 18.0 Å². The molecule has 2 aliphatic heterocycles. The lowest BCUT2D eigenvalue weighted by Crippen LogP contribution is -2.52. The number of nitrogens with zero attached hydrogens (tertiary/aromatic N) is 3. The maximum absolute atomic E-state index is 13.4. The number of aromatic nitrogens is 2. The van der Waals surface area contributed by atoms with E-state index in [0.29, 0.717) is 75.8 Å². The molecule has 1 N–H and O–H groups in total. The van der Waals surface area contributed by atoms with E-state index in [2.05, 4.69) is 15.0 Å². The summed E-state index contributed by atoms with van der Waals surface area (Å²) in [5, 5.41) is 12.8. The number of carboxylic acid groups (broad SMARTS) is 1. The van der Waals surface area contributed by atoms with E-state index in [9.17, 15) is 18.0 Å². The average Bonchev–Trinajstić information content (AvgIpc) is 3.36. The van der Waals surface area contributed by atoms with Gasteiger partial charge in [0, 0.05) is 50.2 Å². The molecule has 2 fully saturated rings. The lowest BCUT2D eigenvalue weighted by Gasteiger charge is -2.38. The number of alkyl halides is 3. The third kappa shape index (κ3) is 5.99. The fraction of sp³-hybridized carbons (Fsp3) is 0.444. The van der Waals surface area contributed by atoms with Gasteiger partial charge in [-0.05, 0) is 36.5 Å². The quantitative estimate of drug-likeness (QED) is 0.391. The van der Waals surface area contributed by atoms with Crippen molar-refractivity contribution in [3.05, 3.63) is 71.1 Å². The molecular weight excluding hydrogens is 503 g/mol. The van der Waals surface area contributed by atoms with Crippen molar-refractivity contribution in [2.75, 3.05) is 26.3 Å². The van der Waals surface area contributed by atoms with Crippen molar-refractivity contribution in [3.8, 4) is 11.4 Å². The number of benzene rings is 2. The van der Waals surface area contributed by atoms with Crippen LogP contribution in [-0.2, 0) is 34.0 Å². The van der Waals surface area contributed by atoms with Crippen molar-refractivity contribution in [2.24, 2.45) is 0 Å². The smallest absolute Gasteiger partial charge is 0.450 e. The molecule has 0 atom stereocenters. The van der Waals surface area contributed by atoms with Crippen LogP contribution in [0.15, 0.2) is 53.1 Å². The van der Waals surface area contributed by atoms with Crippen molar-refractivity contribution in [1.29, 1.82) is 0 Å². The Labute approximate surface area is 217 Å². The van der Waals surface area contributed by atoms with Gasteiger partial charge in [-0.3, -0.25) is 4.90 Å². The fourth-order valence-electron chi connectivity index (χ4n) is 5.18. The monoisotopic (exact) mass is 531 g/mol. The van der Waals surface area contributed by atoms with Crippen LogP contribution in [-0.4, -0.2) is 58.7 Å². The van der Waals surface area contributed by atoms with Crippen molar-refractivity contribution in [2.45, 2.75) is 49.9 Å². The minimum absolute atomic E-state index is 0.279. The van der Waals surface area contributed by atoms with Gasteiger partial charge in [-0.25, -0.2) is 4.79 Å². The van der Waals surface area contributed by atoms with E-state index in [0.717, 1.165) is 17.2 Å². The molecule has 3 aromatic rings. The number of ether oxygens (including phenoxy) is 2. The van der Waals surface area contributed by atoms with Crippen LogP contribution in [0, 0.1) is 0 Å². The SMILES string of the molecule is O=C(O)OC1CN(Cc2ccc(-c3noc(CCC4(c5cccc(C(F)(F)F)c5)CCOCC4)n3)cc2)C1. The number of rotatable bonds is 8. The zero-order valence-corrected chi connectivity index (χ0v) is 20.6. The number of aryl methyl sites for hydroxylation is 1. The summed E-state index contributed by atoms with van der Waals surface area (Å²) in [7, 11) is 0. The van der Waals surface area contributed by atoms with Crippen molar-refractivity contribution < 1.29 is 37.1 Å². The Morgan fingerprint density at radius 2 is 1.87 bits per heavy atom. The first kappa shape index (κ1) is 26.2. The Morgan fingerprint density at radius 3 is 2.55 bits per heavy atom. The number of carbonyl (C=O) groups is 1. The van der Waals surface area contributed by atoms with E-state index >= 15 is 0 Å². The Bertz CT molecular complexity index is 1250. The molecule has 5 rings (SSSR count). The van der Waals surface area contributed by atoms with E-state index in [1.807, 2.05) is 24.3 Å². The maximum Gasteiger partial charge on any atom is 0.506 e. The van der Waals surface area contributed by atoms with Crippen LogP contribution in [0.2, 0.25) is 0 Å². The third-order valence-corrected chi connectivity index (χ3v) is 7.35. The molecule has 0 aliphatic carbocycles. The Morgan fingerprint density at radius 1 is 1.13 bits per heavy atom. The second-order valence-electron chi connectivity index (χ2n) is 9.88. The second-order valence-corrected chi connectivity index (χ2v) is 9.88. The Balaban J connectivity index is 1.22. The molecule has 0 radical (unpaired) electrons. The molecule has 11 heteroatoms. The molecule has 38 heavy (non-hydrogen) atoms. The van der Waals surface area contributed by atoms with Gasteiger partial charge >= 0.3 is 12.3 Å². The summed E-state index contributed by atoms with van der Waals surface area (Å²) in [5.41, 5.74) is 1.41. The predicted octanol–water partition coefficient (Wildman–Crippen LogP) is 5.32. The molecule has 2 aliphatic rings. The fourth-order valence-corrected chi connectivity index (χ4v) is 5.18. The number of halogens is 3. The van der Waals surface area contributed by atoms with Gasteiger partial charge in [0.1, 0.15) is 6.10 Å². The van der Waals surface area contributed by atoms with Gasteiger partial charge < -0.3 is 19.1 Å². The topological polar surface area (TPSA) is 97.9 Å². The number of likely N-dealkylation sites (tertiary alicyclic amines) is 1. The lowest BCUT2D eigenvalue weighted by molar-refractivity contribution is -0.137. The summed E-state index contributed by atoms with van der Waals surface area (Å²) < 4.78 is 55.8. The molecule has 1 aromatic heterocycles. The van der Waals surface area contributed by atoms with Gasteiger partial charge in [0.25, 0.3) is 0 Å². The molecule has 3 heterocycles. The summed E-state index contributed by atoms with van der Waals surface area (Å²) in [5.74, 6) is 0.887. The first-order chi connectivity index (χ1) is 18.2. The highest BCUT2D eigenvalue weighted by atomic mass is 19.4. The highest BCUT2D eigenvalue weighted by Crippen LogP contribution is 2.41. The van der Waals surface area contributed by atoms with Crippen LogP contribution in [0.5, 0.6) is 0 Å². The number of hydrogen-bond acceptors (Lipinski definition) is 7. The van der Waals surface area contributed by atoms with Crippen LogP contribution in [0.3, 0.4) is 0 Å². The first-order valence-electron chi connectivity index (χ1n) is 12.5. The lowest BCUT2D eigenvalue weighted by atomic mass is 9.70. The zero-order chi connectivity index (χ0) is 26.8. The van der Waals surface area contributed by atoms with Crippen LogP contribution >= 0.6 is 0 Å². The summed E-state index contributed by atoms with van der Waals surface area (Å²) in [6, 6.07) is 13.3. The van der Waals surface area contributed by atoms with Gasteiger partial charge in [0.05, 0.1) is 5.56 Å². The predicted molar refractivity (Wildman–Crippen MR) is 129 cm³/mol. The van der Waals surface area contributed by atoms with E-state index in [4.69, 9.17) is 19.1 Å². The van der Waals surface area contributed by atoms with Gasteiger partial charge in [-0.1, -0.05) is 47.6 Å². The molecule has 202 valence electrons. The van der Waals surface area contributed by atoms with Crippen molar-refractivity contribution >= 4 is 6.16 Å². The molecule has 0 saturated carbocycles. The van der Waals surface area contributed by atoms with Crippen LogP contribution in [0.1, 0.15) is 41.8 Å². The normalized spacial score (nSPS) is 18.2.